The van der Waals surface area contributed by atoms with Crippen LogP contribution in [-0.2, 0) is 9.59 Å². The van der Waals surface area contributed by atoms with Crippen molar-refractivity contribution in [2.75, 3.05) is 33.5 Å². The fourth-order valence-corrected chi connectivity index (χ4v) is 4.85. The number of rotatable bonds is 5. The number of amides is 1. The van der Waals surface area contributed by atoms with Gasteiger partial charge in [-0.25, -0.2) is 0 Å². The molecule has 0 spiro atoms. The third-order valence-corrected chi connectivity index (χ3v) is 6.58. The summed E-state index contributed by atoms with van der Waals surface area (Å²) in [5.41, 5.74) is 0.660. The lowest BCUT2D eigenvalue weighted by molar-refractivity contribution is -0.143. The number of carboxylic acid groups (broad SMARTS) is 1. The number of carbonyl (C=O) groups is 2. The molecule has 1 amide bonds. The van der Waals surface area contributed by atoms with Crippen molar-refractivity contribution >= 4 is 11.9 Å². The average molecular weight is 388 g/mol. The number of hydrogen-bond donors (Lipinski definition) is 1. The zero-order chi connectivity index (χ0) is 20.1. The Bertz CT molecular complexity index is 793. The number of fused-ring (bicyclic) bond motifs is 1. The predicted octanol–water partition coefficient (Wildman–Crippen LogP) is 2.16. The third kappa shape index (κ3) is 3.21. The van der Waals surface area contributed by atoms with E-state index in [-0.39, 0.29) is 30.1 Å². The Morgan fingerprint density at radius 1 is 1.29 bits per heavy atom. The maximum Gasteiger partial charge on any atom is 0.308 e. The van der Waals surface area contributed by atoms with E-state index >= 15 is 0 Å². The number of aliphatic carboxylic acids is 1. The molecule has 3 heterocycles. The van der Waals surface area contributed by atoms with Crippen LogP contribution in [0.25, 0.3) is 0 Å². The topological polar surface area (TPSA) is 79.3 Å². The molecular weight excluding hydrogens is 360 g/mol. The highest BCUT2D eigenvalue weighted by atomic mass is 16.7. The highest BCUT2D eigenvalue weighted by Gasteiger charge is 2.46. The number of ether oxygens (including phenoxy) is 2. The van der Waals surface area contributed by atoms with Crippen molar-refractivity contribution in [3.8, 4) is 11.5 Å². The first-order valence-corrected chi connectivity index (χ1v) is 9.90. The molecule has 0 aromatic heterocycles. The Kier molecular flexibility index (Phi) is 4.73. The van der Waals surface area contributed by atoms with Gasteiger partial charge in [0.1, 0.15) is 0 Å². The third-order valence-electron chi connectivity index (χ3n) is 6.58. The summed E-state index contributed by atoms with van der Waals surface area (Å²) in [5.74, 6) is 0.132. The van der Waals surface area contributed by atoms with Gasteiger partial charge < -0.3 is 24.4 Å². The van der Waals surface area contributed by atoms with Gasteiger partial charge in [-0.15, -0.1) is 0 Å². The molecule has 3 aliphatic rings. The van der Waals surface area contributed by atoms with Crippen LogP contribution in [0.3, 0.4) is 0 Å². The van der Waals surface area contributed by atoms with Crippen LogP contribution in [0.1, 0.15) is 38.2 Å². The fourth-order valence-electron chi connectivity index (χ4n) is 4.85. The van der Waals surface area contributed by atoms with E-state index < -0.39 is 11.9 Å². The summed E-state index contributed by atoms with van der Waals surface area (Å²) < 4.78 is 10.8. The van der Waals surface area contributed by atoms with E-state index in [1.54, 1.807) is 0 Å². The number of nitrogens with zero attached hydrogens (tertiary/aromatic N) is 2. The van der Waals surface area contributed by atoms with Crippen molar-refractivity contribution in [2.24, 2.45) is 11.3 Å². The lowest BCUT2D eigenvalue weighted by Crippen LogP contribution is -2.39. The molecule has 0 aliphatic carbocycles. The number of hydrogen-bond acceptors (Lipinski definition) is 5. The normalized spacial score (nSPS) is 28.9. The van der Waals surface area contributed by atoms with Gasteiger partial charge in [0.15, 0.2) is 11.5 Å². The summed E-state index contributed by atoms with van der Waals surface area (Å²) in [6.45, 7) is 6.19. The molecule has 2 fully saturated rings. The van der Waals surface area contributed by atoms with E-state index in [1.807, 2.05) is 44.0 Å². The molecule has 4 rings (SSSR count). The predicted molar refractivity (Wildman–Crippen MR) is 102 cm³/mol. The SMILES string of the molecule is CN1CC(c2ccc3c(c2)OCO3)C(C(=O)O)C1CCN1CCC(C)(C)C1=O. The summed E-state index contributed by atoms with van der Waals surface area (Å²) in [6.07, 6.45) is 1.52. The van der Waals surface area contributed by atoms with Crippen LogP contribution in [0.15, 0.2) is 18.2 Å². The summed E-state index contributed by atoms with van der Waals surface area (Å²) in [6, 6.07) is 5.60. The number of carbonyl (C=O) groups excluding carboxylic acids is 1. The first-order valence-electron chi connectivity index (χ1n) is 9.90. The van der Waals surface area contributed by atoms with Crippen molar-refractivity contribution < 1.29 is 24.2 Å². The molecule has 3 atom stereocenters. The van der Waals surface area contributed by atoms with Gasteiger partial charge in [0.25, 0.3) is 0 Å². The monoisotopic (exact) mass is 388 g/mol. The molecule has 3 unspecified atom stereocenters. The van der Waals surface area contributed by atoms with Crippen LogP contribution in [0.4, 0.5) is 0 Å². The minimum absolute atomic E-state index is 0.107. The smallest absolute Gasteiger partial charge is 0.308 e. The average Bonchev–Trinajstić information content (AvgIpc) is 3.30. The van der Waals surface area contributed by atoms with Crippen LogP contribution >= 0.6 is 0 Å². The van der Waals surface area contributed by atoms with Gasteiger partial charge in [-0.05, 0) is 37.6 Å². The van der Waals surface area contributed by atoms with E-state index in [0.29, 0.717) is 31.0 Å². The Morgan fingerprint density at radius 3 is 2.71 bits per heavy atom. The van der Waals surface area contributed by atoms with E-state index in [9.17, 15) is 14.7 Å². The van der Waals surface area contributed by atoms with Gasteiger partial charge >= 0.3 is 5.97 Å². The minimum Gasteiger partial charge on any atom is -0.481 e. The van der Waals surface area contributed by atoms with Crippen LogP contribution in [0, 0.1) is 11.3 Å². The van der Waals surface area contributed by atoms with Gasteiger partial charge in [-0.2, -0.15) is 0 Å². The van der Waals surface area contributed by atoms with Gasteiger partial charge in [0.2, 0.25) is 12.7 Å². The highest BCUT2D eigenvalue weighted by molar-refractivity contribution is 5.84. The summed E-state index contributed by atoms with van der Waals surface area (Å²) in [7, 11) is 1.98. The molecule has 2 saturated heterocycles. The zero-order valence-electron chi connectivity index (χ0n) is 16.7. The molecule has 7 nitrogen and oxygen atoms in total. The maximum absolute atomic E-state index is 12.5. The van der Waals surface area contributed by atoms with E-state index in [2.05, 4.69) is 4.90 Å². The van der Waals surface area contributed by atoms with Crippen LogP contribution in [-0.4, -0.2) is 66.3 Å². The van der Waals surface area contributed by atoms with Gasteiger partial charge in [0.05, 0.1) is 5.92 Å². The van der Waals surface area contributed by atoms with Gasteiger partial charge in [0, 0.05) is 37.0 Å². The number of likely N-dealkylation sites (tertiary alicyclic amines) is 2. The highest BCUT2D eigenvalue weighted by Crippen LogP contribution is 2.42. The molecule has 152 valence electrons. The summed E-state index contributed by atoms with van der Waals surface area (Å²) in [4.78, 5) is 28.7. The second-order valence-corrected chi connectivity index (χ2v) is 8.80. The van der Waals surface area contributed by atoms with Crippen molar-refractivity contribution in [3.63, 3.8) is 0 Å². The number of likely N-dealkylation sites (N-methyl/N-ethyl adjacent to an activating group) is 1. The molecular formula is C21H28N2O5. The lowest BCUT2D eigenvalue weighted by atomic mass is 9.84. The molecule has 1 aromatic carbocycles. The molecule has 1 aromatic rings. The Balaban J connectivity index is 1.50. The number of carboxylic acids is 1. The van der Waals surface area contributed by atoms with Crippen molar-refractivity contribution in [1.29, 1.82) is 0 Å². The second kappa shape index (κ2) is 6.95. The molecule has 28 heavy (non-hydrogen) atoms. The van der Waals surface area contributed by atoms with Crippen molar-refractivity contribution in [1.82, 2.24) is 9.80 Å². The maximum atomic E-state index is 12.5. The number of benzene rings is 1. The molecule has 1 N–H and O–H groups in total. The first-order chi connectivity index (χ1) is 13.3. The molecule has 0 bridgehead atoms. The van der Waals surface area contributed by atoms with Crippen molar-refractivity contribution in [3.05, 3.63) is 23.8 Å². The van der Waals surface area contributed by atoms with E-state index in [1.165, 1.54) is 0 Å². The molecule has 3 aliphatic heterocycles. The largest absolute Gasteiger partial charge is 0.481 e. The summed E-state index contributed by atoms with van der Waals surface area (Å²) in [5, 5.41) is 9.99. The lowest BCUT2D eigenvalue weighted by Gasteiger charge is -2.27. The first kappa shape index (κ1) is 19.1. The summed E-state index contributed by atoms with van der Waals surface area (Å²) >= 11 is 0. The molecule has 0 radical (unpaired) electrons. The minimum atomic E-state index is -0.787. The standard InChI is InChI=1S/C21H28N2O5/c1-21(2)7-9-23(20(21)26)8-6-15-18(19(24)25)14(11-22(15)3)13-4-5-16-17(10-13)28-12-27-16/h4-5,10,14-15,18H,6-9,11-12H2,1-3H3,(H,24,25). The fraction of sp³-hybridized carbons (Fsp3) is 0.619. The molecule has 7 heteroatoms. The molecule has 0 saturated carbocycles. The van der Waals surface area contributed by atoms with Crippen LogP contribution in [0.5, 0.6) is 11.5 Å². The second-order valence-electron chi connectivity index (χ2n) is 8.80. The zero-order valence-corrected chi connectivity index (χ0v) is 16.7. The quantitative estimate of drug-likeness (QED) is 0.833. The van der Waals surface area contributed by atoms with Crippen LogP contribution < -0.4 is 9.47 Å². The van der Waals surface area contributed by atoms with Gasteiger partial charge in [-0.1, -0.05) is 19.9 Å². The van der Waals surface area contributed by atoms with Crippen molar-refractivity contribution in [2.45, 2.75) is 38.6 Å². The Labute approximate surface area is 165 Å². The van der Waals surface area contributed by atoms with E-state index in [4.69, 9.17) is 9.47 Å². The van der Waals surface area contributed by atoms with Crippen LogP contribution in [0.2, 0.25) is 0 Å². The Morgan fingerprint density at radius 2 is 2.04 bits per heavy atom. The Hall–Kier alpha value is -2.28. The van der Waals surface area contributed by atoms with E-state index in [0.717, 1.165) is 18.5 Å². The van der Waals surface area contributed by atoms with Gasteiger partial charge in [-0.3, -0.25) is 9.59 Å².